The molecule has 0 fully saturated rings. The van der Waals surface area contributed by atoms with Gasteiger partial charge in [-0.3, -0.25) is 0 Å². The van der Waals surface area contributed by atoms with Gasteiger partial charge in [0, 0.05) is 0 Å². The van der Waals surface area contributed by atoms with Crippen LogP contribution in [0.3, 0.4) is 0 Å². The van der Waals surface area contributed by atoms with Crippen LogP contribution in [0.2, 0.25) is 0 Å². The molecular weight excluding hydrogens is 477 g/mol. The summed E-state index contributed by atoms with van der Waals surface area (Å²) in [5.74, 6) is 1.35. The van der Waals surface area contributed by atoms with Crippen molar-refractivity contribution < 1.29 is 74.2 Å². The van der Waals surface area contributed by atoms with Gasteiger partial charge in [0.25, 0.3) is 0 Å². The summed E-state index contributed by atoms with van der Waals surface area (Å²) in [6, 6.07) is 0. The zero-order valence-electron chi connectivity index (χ0n) is 7.74. The quantitative estimate of drug-likeness (QED) is 0.360. The molecule has 3 heteroatoms. The maximum absolute atomic E-state index is 2.26. The Bertz CT molecular complexity index is 204. The van der Waals surface area contributed by atoms with Crippen molar-refractivity contribution in [2.24, 2.45) is 11.8 Å². The minimum absolute atomic E-state index is 0. The first kappa shape index (κ1) is 17.7. The molecule has 2 aliphatic rings. The van der Waals surface area contributed by atoms with E-state index in [1.54, 1.807) is 0 Å². The van der Waals surface area contributed by atoms with E-state index < -0.39 is 0 Å². The normalized spacial score (nSPS) is 17.7. The first-order valence-corrected chi connectivity index (χ1v) is 4.15. The van der Waals surface area contributed by atoms with Gasteiger partial charge < -0.3 is 48.0 Å². The van der Waals surface area contributed by atoms with Gasteiger partial charge in [-0.25, -0.2) is 0 Å². The first-order valence-electron chi connectivity index (χ1n) is 4.15. The van der Waals surface area contributed by atoms with Gasteiger partial charge in [0.2, 0.25) is 0 Å². The van der Waals surface area contributed by atoms with Crippen LogP contribution in [0.25, 0.3) is 0 Å². The minimum Gasteiger partial charge on any atom is -1.00 e. The third-order valence-electron chi connectivity index (χ3n) is 2.20. The molecule has 0 heterocycles. The monoisotopic (exact) mass is 488 g/mol. The fourth-order valence-electron chi connectivity index (χ4n) is 1.58. The molecule has 0 nitrogen and oxygen atoms in total. The second-order valence-corrected chi connectivity index (χ2v) is 3.10. The molecule has 0 atom stereocenters. The molecule has 0 bridgehead atoms. The Morgan fingerprint density at radius 1 is 0.643 bits per heavy atom. The smallest absolute Gasteiger partial charge is 1.00 e. The first-order chi connectivity index (χ1) is 5.45. The van der Waals surface area contributed by atoms with E-state index in [1.165, 1.54) is 6.42 Å². The second kappa shape index (κ2) is 9.52. The molecule has 14 heavy (non-hydrogen) atoms. The summed E-state index contributed by atoms with van der Waals surface area (Å²) in [6.45, 7) is 0. The van der Waals surface area contributed by atoms with Gasteiger partial charge in [-0.2, -0.15) is 0 Å². The number of rotatable bonds is 2. The van der Waals surface area contributed by atoms with E-state index in [1.807, 2.05) is 0 Å². The maximum atomic E-state index is 2.26. The van der Waals surface area contributed by atoms with Gasteiger partial charge in [0.1, 0.15) is 0 Å². The summed E-state index contributed by atoms with van der Waals surface area (Å²) in [5.41, 5.74) is 0. The van der Waals surface area contributed by atoms with Gasteiger partial charge in [-0.15, -0.1) is 0 Å². The van der Waals surface area contributed by atoms with E-state index >= 15 is 0 Å². The molecule has 0 aromatic carbocycles. The van der Waals surface area contributed by atoms with E-state index in [0.29, 0.717) is 11.8 Å². The Morgan fingerprint density at radius 3 is 1.21 bits per heavy atom. The third-order valence-corrected chi connectivity index (χ3v) is 2.20. The number of allylic oxidation sites excluding steroid dienone is 8. The molecule has 0 saturated carbocycles. The summed E-state index contributed by atoms with van der Waals surface area (Å²) in [4.78, 5) is 0. The number of hydrogen-bond donors (Lipinski definition) is 0. The van der Waals surface area contributed by atoms with Crippen LogP contribution in [-0.2, 0) is 26.2 Å². The molecular formula is C11H12I2Zr. The van der Waals surface area contributed by atoms with E-state index in [-0.39, 0.29) is 74.2 Å². The predicted octanol–water partition coefficient (Wildman–Crippen LogP) is -3.13. The van der Waals surface area contributed by atoms with Crippen LogP contribution in [0.1, 0.15) is 6.42 Å². The minimum atomic E-state index is 0. The van der Waals surface area contributed by atoms with E-state index in [2.05, 4.69) is 48.6 Å². The molecule has 0 radical (unpaired) electrons. The van der Waals surface area contributed by atoms with Crippen molar-refractivity contribution in [1.29, 1.82) is 0 Å². The molecule has 74 valence electrons. The fraction of sp³-hybridized carbons (Fsp3) is 0.273. The van der Waals surface area contributed by atoms with Crippen molar-refractivity contribution in [3.8, 4) is 0 Å². The van der Waals surface area contributed by atoms with Crippen LogP contribution < -0.4 is 48.0 Å². The van der Waals surface area contributed by atoms with Gasteiger partial charge >= 0.3 is 26.2 Å². The van der Waals surface area contributed by atoms with Crippen LogP contribution in [0.4, 0.5) is 0 Å². The Morgan fingerprint density at radius 2 is 0.929 bits per heavy atom. The average molecular weight is 489 g/mol. The van der Waals surface area contributed by atoms with E-state index in [4.69, 9.17) is 0 Å². The molecule has 0 saturated heterocycles. The van der Waals surface area contributed by atoms with Crippen LogP contribution in [-0.4, -0.2) is 0 Å². The van der Waals surface area contributed by atoms with Gasteiger partial charge in [0.05, 0.1) is 0 Å². The molecule has 2 rings (SSSR count). The largest absolute Gasteiger partial charge is 2.00 e. The molecule has 0 aliphatic heterocycles. The maximum Gasteiger partial charge on any atom is 2.00 e. The summed E-state index contributed by atoms with van der Waals surface area (Å²) >= 11 is 0. The van der Waals surface area contributed by atoms with Gasteiger partial charge in [-0.1, -0.05) is 48.6 Å². The van der Waals surface area contributed by atoms with Gasteiger partial charge in [-0.05, 0) is 18.3 Å². The topological polar surface area (TPSA) is 0 Å². The summed E-state index contributed by atoms with van der Waals surface area (Å²) < 4.78 is 0. The van der Waals surface area contributed by atoms with Crippen LogP contribution >= 0.6 is 0 Å². The molecule has 0 unspecified atom stereocenters. The van der Waals surface area contributed by atoms with Crippen LogP contribution in [0, 0.1) is 11.8 Å². The van der Waals surface area contributed by atoms with Crippen LogP contribution in [0.15, 0.2) is 48.6 Å². The Balaban J connectivity index is 0. The van der Waals surface area contributed by atoms with Crippen molar-refractivity contribution >= 4 is 0 Å². The Hall–Kier alpha value is 1.30. The Labute approximate surface area is 139 Å². The van der Waals surface area contributed by atoms with Crippen LogP contribution in [0.5, 0.6) is 0 Å². The number of hydrogen-bond acceptors (Lipinski definition) is 0. The summed E-state index contributed by atoms with van der Waals surface area (Å²) in [6.07, 6.45) is 18.8. The van der Waals surface area contributed by atoms with Crippen molar-refractivity contribution in [3.05, 3.63) is 48.6 Å². The summed E-state index contributed by atoms with van der Waals surface area (Å²) in [5, 5.41) is 0. The average Bonchev–Trinajstić information content (AvgIpc) is 2.60. The second-order valence-electron chi connectivity index (χ2n) is 3.10. The Kier molecular flexibility index (Phi) is 12.0. The van der Waals surface area contributed by atoms with Gasteiger partial charge in [0.15, 0.2) is 0 Å². The van der Waals surface area contributed by atoms with E-state index in [0.717, 1.165) is 0 Å². The molecule has 0 spiro atoms. The van der Waals surface area contributed by atoms with Crippen molar-refractivity contribution in [2.45, 2.75) is 6.42 Å². The van der Waals surface area contributed by atoms with Crippen molar-refractivity contribution in [3.63, 3.8) is 0 Å². The molecule has 0 amide bonds. The zero-order chi connectivity index (χ0) is 7.52. The molecule has 0 aromatic heterocycles. The SMILES string of the molecule is C1=CC(CC2C=CC=C2)C=C1.[I-].[I-].[Zr+2]. The predicted molar refractivity (Wildman–Crippen MR) is 48.2 cm³/mol. The van der Waals surface area contributed by atoms with E-state index in [9.17, 15) is 0 Å². The zero-order valence-corrected chi connectivity index (χ0v) is 14.5. The standard InChI is InChI=1S/C11H12.2HI.Zr/c1-2-6-10(5-1)9-11-7-3-4-8-11;;;/h1-8,10-11H,9H2;2*1H;/q;;;+2/p-2. The molecule has 0 aromatic rings. The number of halogens is 2. The molecule has 0 N–H and O–H groups in total. The van der Waals surface area contributed by atoms with Crippen molar-refractivity contribution in [2.75, 3.05) is 0 Å². The fourth-order valence-corrected chi connectivity index (χ4v) is 1.58. The third kappa shape index (κ3) is 5.40. The molecule has 2 aliphatic carbocycles. The van der Waals surface area contributed by atoms with Crippen molar-refractivity contribution in [1.82, 2.24) is 0 Å². The summed E-state index contributed by atoms with van der Waals surface area (Å²) in [7, 11) is 0.